The molecule has 4 heteroatoms. The van der Waals surface area contributed by atoms with Crippen molar-refractivity contribution in [3.63, 3.8) is 0 Å². The molecule has 0 spiro atoms. The van der Waals surface area contributed by atoms with E-state index >= 15 is 0 Å². The topological polar surface area (TPSA) is 54.4 Å². The Hall–Kier alpha value is -2.13. The Balaban J connectivity index is 2.33. The van der Waals surface area contributed by atoms with Gasteiger partial charge in [-0.05, 0) is 23.3 Å². The van der Waals surface area contributed by atoms with E-state index in [1.807, 2.05) is 12.1 Å². The SMILES string of the molecule is O=C(O)C(=O)c1ccc(-c2cccc(Cl)c2)cc1. The number of aliphatic carboxylic acids is 1. The van der Waals surface area contributed by atoms with Crippen LogP contribution in [0.4, 0.5) is 0 Å². The van der Waals surface area contributed by atoms with Crippen LogP contribution in [0.2, 0.25) is 5.02 Å². The molecule has 0 saturated heterocycles. The Morgan fingerprint density at radius 2 is 1.61 bits per heavy atom. The lowest BCUT2D eigenvalue weighted by Crippen LogP contribution is -2.12. The summed E-state index contributed by atoms with van der Waals surface area (Å²) in [5.74, 6) is -2.36. The van der Waals surface area contributed by atoms with Crippen LogP contribution in [0.25, 0.3) is 11.1 Å². The summed E-state index contributed by atoms with van der Waals surface area (Å²) in [5, 5.41) is 9.21. The third kappa shape index (κ3) is 2.57. The maximum atomic E-state index is 11.2. The molecule has 90 valence electrons. The fraction of sp³-hybridized carbons (Fsp3) is 0. The van der Waals surface area contributed by atoms with Crippen molar-refractivity contribution in [2.75, 3.05) is 0 Å². The summed E-state index contributed by atoms with van der Waals surface area (Å²) in [6.07, 6.45) is 0. The maximum absolute atomic E-state index is 11.2. The van der Waals surface area contributed by atoms with Crippen LogP contribution < -0.4 is 0 Å². The van der Waals surface area contributed by atoms with E-state index in [0.29, 0.717) is 5.02 Å². The average Bonchev–Trinajstić information content (AvgIpc) is 2.38. The van der Waals surface area contributed by atoms with E-state index in [9.17, 15) is 9.59 Å². The molecule has 0 saturated carbocycles. The highest BCUT2D eigenvalue weighted by Crippen LogP contribution is 2.23. The van der Waals surface area contributed by atoms with E-state index in [1.165, 1.54) is 12.1 Å². The molecule has 0 atom stereocenters. The Morgan fingerprint density at radius 3 is 2.17 bits per heavy atom. The summed E-state index contributed by atoms with van der Waals surface area (Å²) in [5.41, 5.74) is 1.95. The number of halogens is 1. The minimum absolute atomic E-state index is 0.160. The highest BCUT2D eigenvalue weighted by atomic mass is 35.5. The van der Waals surface area contributed by atoms with Gasteiger partial charge in [0.05, 0.1) is 0 Å². The smallest absolute Gasteiger partial charge is 0.377 e. The largest absolute Gasteiger partial charge is 0.475 e. The minimum Gasteiger partial charge on any atom is -0.475 e. The first kappa shape index (κ1) is 12.3. The number of Topliss-reactive ketones (excluding diaryl/α,β-unsaturated/α-hetero) is 1. The van der Waals surface area contributed by atoms with E-state index in [4.69, 9.17) is 16.7 Å². The van der Waals surface area contributed by atoms with Crippen molar-refractivity contribution in [1.29, 1.82) is 0 Å². The number of carboxylic acid groups (broad SMARTS) is 1. The fourth-order valence-corrected chi connectivity index (χ4v) is 1.80. The molecule has 0 amide bonds. The molecule has 0 aliphatic carbocycles. The molecule has 0 fully saturated rings. The number of benzene rings is 2. The van der Waals surface area contributed by atoms with Gasteiger partial charge in [0.2, 0.25) is 0 Å². The molecule has 1 N–H and O–H groups in total. The van der Waals surface area contributed by atoms with Crippen LogP contribution >= 0.6 is 11.6 Å². The summed E-state index contributed by atoms with van der Waals surface area (Å²) in [6.45, 7) is 0. The number of rotatable bonds is 3. The zero-order valence-corrected chi connectivity index (χ0v) is 10.0. The first-order valence-corrected chi connectivity index (χ1v) is 5.59. The summed E-state index contributed by atoms with van der Waals surface area (Å²) in [7, 11) is 0. The van der Waals surface area contributed by atoms with Gasteiger partial charge in [-0.25, -0.2) is 4.79 Å². The molecule has 2 aromatic carbocycles. The molecule has 0 aliphatic rings. The van der Waals surface area contributed by atoms with Crippen molar-refractivity contribution in [1.82, 2.24) is 0 Å². The second kappa shape index (κ2) is 5.02. The van der Waals surface area contributed by atoms with Crippen LogP contribution in [0.15, 0.2) is 48.5 Å². The molecule has 0 unspecified atom stereocenters. The Kier molecular flexibility index (Phi) is 3.44. The van der Waals surface area contributed by atoms with Crippen LogP contribution in [0.3, 0.4) is 0 Å². The molecule has 0 aromatic heterocycles. The van der Waals surface area contributed by atoms with Crippen molar-refractivity contribution in [2.45, 2.75) is 0 Å². The highest BCUT2D eigenvalue weighted by Gasteiger charge is 2.13. The van der Waals surface area contributed by atoms with E-state index < -0.39 is 11.8 Å². The van der Waals surface area contributed by atoms with Gasteiger partial charge in [-0.3, -0.25) is 4.79 Å². The highest BCUT2D eigenvalue weighted by molar-refractivity contribution is 6.39. The van der Waals surface area contributed by atoms with E-state index in [-0.39, 0.29) is 5.56 Å². The lowest BCUT2D eigenvalue weighted by atomic mass is 10.0. The van der Waals surface area contributed by atoms with Gasteiger partial charge < -0.3 is 5.11 Å². The van der Waals surface area contributed by atoms with E-state index in [1.54, 1.807) is 24.3 Å². The number of carbonyl (C=O) groups is 2. The predicted molar refractivity (Wildman–Crippen MR) is 68.9 cm³/mol. The molecule has 0 bridgehead atoms. The Labute approximate surface area is 109 Å². The quantitative estimate of drug-likeness (QED) is 0.681. The lowest BCUT2D eigenvalue weighted by molar-refractivity contribution is -0.131. The van der Waals surface area contributed by atoms with E-state index in [0.717, 1.165) is 11.1 Å². The van der Waals surface area contributed by atoms with Crippen molar-refractivity contribution < 1.29 is 14.7 Å². The molecule has 0 radical (unpaired) electrons. The van der Waals surface area contributed by atoms with Gasteiger partial charge in [-0.1, -0.05) is 48.0 Å². The van der Waals surface area contributed by atoms with Crippen LogP contribution in [0.1, 0.15) is 10.4 Å². The molecule has 18 heavy (non-hydrogen) atoms. The Morgan fingerprint density at radius 1 is 0.944 bits per heavy atom. The minimum atomic E-state index is -1.45. The zero-order chi connectivity index (χ0) is 13.1. The molecular formula is C14H9ClO3. The molecular weight excluding hydrogens is 252 g/mol. The number of carbonyl (C=O) groups excluding carboxylic acids is 1. The van der Waals surface area contributed by atoms with Gasteiger partial charge in [0.25, 0.3) is 5.78 Å². The van der Waals surface area contributed by atoms with Gasteiger partial charge in [0.1, 0.15) is 0 Å². The predicted octanol–water partition coefficient (Wildman–Crippen LogP) is 3.27. The van der Waals surface area contributed by atoms with Gasteiger partial charge in [0.15, 0.2) is 0 Å². The van der Waals surface area contributed by atoms with Crippen LogP contribution in [-0.4, -0.2) is 16.9 Å². The molecule has 2 rings (SSSR count). The van der Waals surface area contributed by atoms with E-state index in [2.05, 4.69) is 0 Å². The van der Waals surface area contributed by atoms with Gasteiger partial charge >= 0.3 is 5.97 Å². The molecule has 3 nitrogen and oxygen atoms in total. The molecule has 2 aromatic rings. The second-order valence-electron chi connectivity index (χ2n) is 3.72. The monoisotopic (exact) mass is 260 g/mol. The molecule has 0 aliphatic heterocycles. The number of carboxylic acids is 1. The van der Waals surface area contributed by atoms with Gasteiger partial charge in [-0.2, -0.15) is 0 Å². The average molecular weight is 261 g/mol. The molecule has 0 heterocycles. The standard InChI is InChI=1S/C14H9ClO3/c15-12-3-1-2-11(8-12)9-4-6-10(7-5-9)13(16)14(17)18/h1-8H,(H,17,18). The van der Waals surface area contributed by atoms with Gasteiger partial charge in [0, 0.05) is 10.6 Å². The lowest BCUT2D eigenvalue weighted by Gasteiger charge is -2.03. The van der Waals surface area contributed by atoms with Crippen LogP contribution in [-0.2, 0) is 4.79 Å². The maximum Gasteiger partial charge on any atom is 0.377 e. The third-order valence-electron chi connectivity index (χ3n) is 2.50. The number of hydrogen-bond acceptors (Lipinski definition) is 2. The van der Waals surface area contributed by atoms with Crippen LogP contribution in [0, 0.1) is 0 Å². The first-order chi connectivity index (χ1) is 8.58. The van der Waals surface area contributed by atoms with Crippen molar-refractivity contribution >= 4 is 23.4 Å². The summed E-state index contributed by atoms with van der Waals surface area (Å²) in [6, 6.07) is 13.7. The fourth-order valence-electron chi connectivity index (χ4n) is 1.61. The summed E-state index contributed by atoms with van der Waals surface area (Å²) in [4.78, 5) is 21.8. The third-order valence-corrected chi connectivity index (χ3v) is 2.73. The van der Waals surface area contributed by atoms with Crippen molar-refractivity contribution in [2.24, 2.45) is 0 Å². The van der Waals surface area contributed by atoms with Gasteiger partial charge in [-0.15, -0.1) is 0 Å². The number of ketones is 1. The first-order valence-electron chi connectivity index (χ1n) is 5.21. The second-order valence-corrected chi connectivity index (χ2v) is 4.16. The zero-order valence-electron chi connectivity index (χ0n) is 9.26. The Bertz CT molecular complexity index is 603. The van der Waals surface area contributed by atoms with Crippen LogP contribution in [0.5, 0.6) is 0 Å². The van der Waals surface area contributed by atoms with Crippen molar-refractivity contribution in [3.05, 3.63) is 59.1 Å². The van der Waals surface area contributed by atoms with Crippen molar-refractivity contribution in [3.8, 4) is 11.1 Å². The summed E-state index contributed by atoms with van der Waals surface area (Å²) >= 11 is 5.89. The number of hydrogen-bond donors (Lipinski definition) is 1. The normalized spacial score (nSPS) is 10.1. The summed E-state index contributed by atoms with van der Waals surface area (Å²) < 4.78 is 0.